The highest BCUT2D eigenvalue weighted by Crippen LogP contribution is 2.68. The minimum Gasteiger partial charge on any atom is -0.465 e. The Morgan fingerprint density at radius 2 is 1.66 bits per heavy atom. The van der Waals surface area contributed by atoms with Crippen molar-refractivity contribution in [1.29, 1.82) is 0 Å². The Kier molecular flexibility index (Phi) is 9.54. The first-order chi connectivity index (χ1) is 17.7. The lowest BCUT2D eigenvalue weighted by Gasteiger charge is -2.62. The number of ether oxygens (including phenoxy) is 1. The number of hydrogen-bond acceptors (Lipinski definition) is 7. The number of rotatable bonds is 10. The number of carbonyl (C=O) groups is 2. The topological polar surface area (TPSA) is 113 Å². The van der Waals surface area contributed by atoms with E-state index in [1.807, 2.05) is 0 Å². The van der Waals surface area contributed by atoms with Gasteiger partial charge in [0.1, 0.15) is 5.78 Å². The molecule has 0 aromatic rings. The predicted molar refractivity (Wildman–Crippen MR) is 150 cm³/mol. The van der Waals surface area contributed by atoms with E-state index in [0.717, 1.165) is 32.1 Å². The fourth-order valence-electron chi connectivity index (χ4n) is 9.51. The Labute approximate surface area is 233 Å². The molecular formula is C29H49O7PS. The van der Waals surface area contributed by atoms with Gasteiger partial charge in [0.25, 0.3) is 0 Å². The average molecular weight is 573 g/mol. The van der Waals surface area contributed by atoms with Gasteiger partial charge in [0, 0.05) is 19.5 Å². The molecule has 9 heteroatoms. The first-order valence-electron chi connectivity index (χ1n) is 14.7. The third-order valence-corrected chi connectivity index (χ3v) is 12.2. The molecule has 0 amide bonds. The number of esters is 1. The van der Waals surface area contributed by atoms with E-state index in [9.17, 15) is 24.7 Å². The van der Waals surface area contributed by atoms with Crippen molar-refractivity contribution in [2.45, 2.75) is 104 Å². The second-order valence-electron chi connectivity index (χ2n) is 13.5. The molecule has 0 radical (unpaired) electrons. The third-order valence-electron chi connectivity index (χ3n) is 11.2. The fraction of sp³-hybridized carbons (Fsp3) is 0.931. The van der Waals surface area contributed by atoms with Gasteiger partial charge in [-0.05, 0) is 110 Å². The van der Waals surface area contributed by atoms with E-state index in [1.165, 1.54) is 25.9 Å². The number of Topliss-reactive ketones (excluding diaryl/α,β-unsaturated/α-hetero) is 1. The summed E-state index contributed by atoms with van der Waals surface area (Å²) in [5.41, 5.74) is 0.315. The average Bonchev–Trinajstić information content (AvgIpc) is 3.17. The third kappa shape index (κ3) is 6.41. The highest BCUT2D eigenvalue weighted by atomic mass is 32.5. The smallest absolute Gasteiger partial charge is 0.308 e. The van der Waals surface area contributed by atoms with Crippen molar-refractivity contribution in [2.24, 2.45) is 46.3 Å². The Balaban J connectivity index is 1.29. The van der Waals surface area contributed by atoms with Gasteiger partial charge >= 0.3 is 5.97 Å². The second kappa shape index (κ2) is 11.9. The molecule has 0 aromatic carbocycles. The zero-order valence-electron chi connectivity index (χ0n) is 23.6. The summed E-state index contributed by atoms with van der Waals surface area (Å²) in [4.78, 5) is 34.1. The zero-order valence-corrected chi connectivity index (χ0v) is 25.4. The van der Waals surface area contributed by atoms with Crippen LogP contribution in [-0.4, -0.2) is 58.9 Å². The molecule has 3 N–H and O–H groups in total. The van der Waals surface area contributed by atoms with Crippen molar-refractivity contribution in [3.63, 3.8) is 0 Å². The van der Waals surface area contributed by atoms with Crippen LogP contribution < -0.4 is 0 Å². The van der Waals surface area contributed by atoms with Crippen LogP contribution in [0.2, 0.25) is 0 Å². The summed E-state index contributed by atoms with van der Waals surface area (Å²) < 4.78 is 10.2. The van der Waals surface area contributed by atoms with Crippen molar-refractivity contribution in [2.75, 3.05) is 19.9 Å². The molecule has 6 unspecified atom stereocenters. The van der Waals surface area contributed by atoms with E-state index in [1.54, 1.807) is 0 Å². The summed E-state index contributed by atoms with van der Waals surface area (Å²) >= 11 is 4.78. The summed E-state index contributed by atoms with van der Waals surface area (Å²) in [6.07, 6.45) is 8.30. The van der Waals surface area contributed by atoms with E-state index >= 15 is 0 Å². The summed E-state index contributed by atoms with van der Waals surface area (Å²) in [7, 11) is 0. The fourth-order valence-corrected chi connectivity index (χ4v) is 10.2. The number of ketones is 1. The van der Waals surface area contributed by atoms with Crippen LogP contribution in [0, 0.1) is 46.3 Å². The Hall–Kier alpha value is -0.370. The minimum absolute atomic E-state index is 0.0103. The normalized spacial score (nSPS) is 42.8. The maximum absolute atomic E-state index is 12.8. The Morgan fingerprint density at radius 1 is 0.974 bits per heavy atom. The maximum Gasteiger partial charge on any atom is 0.308 e. The molecule has 0 bridgehead atoms. The molecule has 0 saturated heterocycles. The molecule has 0 heterocycles. The van der Waals surface area contributed by atoms with Crippen LogP contribution in [0.3, 0.4) is 0 Å². The SMILES string of the molecule is C[C@H](CC(=O)CCOC(=O)CCOP(C)(O)=S)C1CCC2C3C[C@H](O)C4C[C@H](O)CC[C@]4(C)C3CC[C@@]21C. The lowest BCUT2D eigenvalue weighted by molar-refractivity contribution is -0.172. The van der Waals surface area contributed by atoms with Crippen LogP contribution >= 0.6 is 6.49 Å². The molecule has 218 valence electrons. The molecule has 4 aliphatic carbocycles. The van der Waals surface area contributed by atoms with Gasteiger partial charge in [-0.1, -0.05) is 20.8 Å². The molecule has 4 fully saturated rings. The number of hydrogen-bond donors (Lipinski definition) is 3. The van der Waals surface area contributed by atoms with Gasteiger partial charge in [-0.3, -0.25) is 9.59 Å². The van der Waals surface area contributed by atoms with Gasteiger partial charge in [-0.15, -0.1) is 0 Å². The summed E-state index contributed by atoms with van der Waals surface area (Å²) in [5.74, 6) is 2.40. The molecule has 38 heavy (non-hydrogen) atoms. The summed E-state index contributed by atoms with van der Waals surface area (Å²) in [5, 5.41) is 21.5. The van der Waals surface area contributed by atoms with Gasteiger partial charge < -0.3 is 24.4 Å². The van der Waals surface area contributed by atoms with Crippen LogP contribution in [-0.2, 0) is 30.7 Å². The molecule has 0 spiro atoms. The monoisotopic (exact) mass is 572 g/mol. The number of fused-ring (bicyclic) bond motifs is 5. The van der Waals surface area contributed by atoms with Crippen LogP contribution in [0.5, 0.6) is 0 Å². The van der Waals surface area contributed by atoms with Crippen LogP contribution in [0.4, 0.5) is 0 Å². The summed E-state index contributed by atoms with van der Waals surface area (Å²) in [6.45, 7) is 5.81. The maximum atomic E-state index is 12.8. The zero-order chi connectivity index (χ0) is 27.9. The summed E-state index contributed by atoms with van der Waals surface area (Å²) in [6, 6.07) is 0. The van der Waals surface area contributed by atoms with Crippen LogP contribution in [0.1, 0.15) is 91.4 Å². The molecule has 4 aliphatic rings. The molecule has 0 aromatic heterocycles. The highest BCUT2D eigenvalue weighted by Gasteiger charge is 2.62. The van der Waals surface area contributed by atoms with Gasteiger partial charge in [0.15, 0.2) is 6.49 Å². The lowest BCUT2D eigenvalue weighted by Crippen LogP contribution is -2.58. The molecule has 0 aliphatic heterocycles. The van der Waals surface area contributed by atoms with E-state index in [-0.39, 0.29) is 66.7 Å². The largest absolute Gasteiger partial charge is 0.465 e. The predicted octanol–water partition coefficient (Wildman–Crippen LogP) is 4.84. The van der Waals surface area contributed by atoms with Crippen molar-refractivity contribution in [1.82, 2.24) is 0 Å². The minimum atomic E-state index is -2.78. The standard InChI is InChI=1S/C29H49O7PS/c1-18(15-20(31)9-13-35-27(33)10-14-36-37(4,34)38)22-5-6-23-21-17-26(32)25-16-19(30)7-11-29(25,3)24(21)8-12-28(22,23)2/h18-19,21-26,30,32H,5-17H2,1-4H3,(H,34,38)/t18-,19-,21?,22?,23?,24?,25?,26+,28-,29-,37?/m1/s1. The first-order valence-corrected chi connectivity index (χ1v) is 17.8. The van der Waals surface area contributed by atoms with Crippen LogP contribution in [0.25, 0.3) is 0 Å². The number of carbonyl (C=O) groups excluding carboxylic acids is 2. The van der Waals surface area contributed by atoms with Gasteiger partial charge in [0.05, 0.1) is 31.8 Å². The first kappa shape index (κ1) is 30.6. The van der Waals surface area contributed by atoms with Crippen molar-refractivity contribution < 1.29 is 34.0 Å². The van der Waals surface area contributed by atoms with Gasteiger partial charge in [-0.25, -0.2) is 0 Å². The molecule has 7 nitrogen and oxygen atoms in total. The van der Waals surface area contributed by atoms with E-state index in [0.29, 0.717) is 30.1 Å². The van der Waals surface area contributed by atoms with E-state index in [2.05, 4.69) is 20.8 Å². The molecule has 4 rings (SSSR count). The second-order valence-corrected chi connectivity index (χ2v) is 17.4. The molecule has 4 saturated carbocycles. The molecular weight excluding hydrogens is 523 g/mol. The van der Waals surface area contributed by atoms with E-state index < -0.39 is 12.5 Å². The van der Waals surface area contributed by atoms with Crippen molar-refractivity contribution in [3.05, 3.63) is 0 Å². The highest BCUT2D eigenvalue weighted by molar-refractivity contribution is 8.09. The quantitative estimate of drug-likeness (QED) is 0.252. The Bertz CT molecular complexity index is 923. The molecule has 11 atom stereocenters. The van der Waals surface area contributed by atoms with Gasteiger partial charge in [0.2, 0.25) is 0 Å². The lowest BCUT2D eigenvalue weighted by atomic mass is 9.44. The van der Waals surface area contributed by atoms with Crippen LogP contribution in [0.15, 0.2) is 0 Å². The number of aliphatic hydroxyl groups is 2. The van der Waals surface area contributed by atoms with Gasteiger partial charge in [-0.2, -0.15) is 0 Å². The van der Waals surface area contributed by atoms with Crippen molar-refractivity contribution >= 4 is 30.1 Å². The van der Waals surface area contributed by atoms with Crippen molar-refractivity contribution in [3.8, 4) is 0 Å². The number of aliphatic hydroxyl groups excluding tert-OH is 2. The van der Waals surface area contributed by atoms with E-state index in [4.69, 9.17) is 21.1 Å². The Morgan fingerprint density at radius 3 is 2.37 bits per heavy atom.